The number of rotatable bonds is 5. The molecule has 0 bridgehead atoms. The largest absolute Gasteiger partial charge is 0.497 e. The Hall–Kier alpha value is -2.99. The lowest BCUT2D eigenvalue weighted by molar-refractivity contribution is 0.0649. The average Bonchev–Trinajstić information content (AvgIpc) is 3.29. The fourth-order valence-electron chi connectivity index (χ4n) is 3.98. The molecule has 4 rings (SSSR count). The Morgan fingerprint density at radius 1 is 1.07 bits per heavy atom. The first kappa shape index (κ1) is 19.3. The van der Waals surface area contributed by atoms with Crippen LogP contribution in [0, 0.1) is 0 Å². The number of nitrogens with zero attached hydrogens (tertiary/aromatic N) is 2. The molecular formula is C23H27N3O3. The van der Waals surface area contributed by atoms with Gasteiger partial charge < -0.3 is 24.3 Å². The van der Waals surface area contributed by atoms with Gasteiger partial charge in [0.05, 0.1) is 24.5 Å². The third kappa shape index (κ3) is 4.07. The summed E-state index contributed by atoms with van der Waals surface area (Å²) >= 11 is 0. The number of aromatic amines is 1. The molecular weight excluding hydrogens is 366 g/mol. The summed E-state index contributed by atoms with van der Waals surface area (Å²) in [7, 11) is 3.39. The van der Waals surface area contributed by atoms with Crippen molar-refractivity contribution in [3.05, 3.63) is 71.8 Å². The minimum atomic E-state index is 0.0258. The van der Waals surface area contributed by atoms with Crippen molar-refractivity contribution in [2.75, 3.05) is 40.4 Å². The Labute approximate surface area is 171 Å². The van der Waals surface area contributed by atoms with Gasteiger partial charge in [0.1, 0.15) is 5.76 Å². The summed E-state index contributed by atoms with van der Waals surface area (Å²) in [6, 6.07) is 11.9. The highest BCUT2D eigenvalue weighted by molar-refractivity contribution is 6.00. The van der Waals surface area contributed by atoms with Crippen molar-refractivity contribution in [2.24, 2.45) is 0 Å². The SMILES string of the molecule is COC1=CC(OC)CC(N2CCN(C(=O)c3cc[nH]c3-c3ccccc3)CC2)=C1. The molecule has 1 unspecified atom stereocenters. The molecule has 1 atom stereocenters. The Morgan fingerprint density at radius 3 is 2.52 bits per heavy atom. The van der Waals surface area contributed by atoms with Gasteiger partial charge in [-0.2, -0.15) is 0 Å². The third-order valence-corrected chi connectivity index (χ3v) is 5.62. The van der Waals surface area contributed by atoms with E-state index in [0.717, 1.165) is 42.1 Å². The van der Waals surface area contributed by atoms with Gasteiger partial charge in [-0.05, 0) is 23.8 Å². The van der Waals surface area contributed by atoms with E-state index in [-0.39, 0.29) is 12.0 Å². The van der Waals surface area contributed by atoms with Crippen LogP contribution in [-0.2, 0) is 9.47 Å². The number of piperazine rings is 1. The van der Waals surface area contributed by atoms with Gasteiger partial charge in [-0.1, -0.05) is 30.3 Å². The van der Waals surface area contributed by atoms with Crippen LogP contribution in [0.3, 0.4) is 0 Å². The van der Waals surface area contributed by atoms with Crippen molar-refractivity contribution in [2.45, 2.75) is 12.5 Å². The highest BCUT2D eigenvalue weighted by Crippen LogP contribution is 2.26. The van der Waals surface area contributed by atoms with E-state index in [4.69, 9.17) is 9.47 Å². The van der Waals surface area contributed by atoms with Gasteiger partial charge in [-0.3, -0.25) is 4.79 Å². The van der Waals surface area contributed by atoms with E-state index in [2.05, 4.69) is 16.0 Å². The number of carbonyl (C=O) groups excluding carboxylic acids is 1. The highest BCUT2D eigenvalue weighted by atomic mass is 16.5. The number of hydrogen-bond acceptors (Lipinski definition) is 4. The Bertz CT molecular complexity index is 908. The lowest BCUT2D eigenvalue weighted by Gasteiger charge is -2.39. The zero-order chi connectivity index (χ0) is 20.2. The van der Waals surface area contributed by atoms with Crippen LogP contribution in [0.25, 0.3) is 11.3 Å². The van der Waals surface area contributed by atoms with Crippen molar-refractivity contribution in [1.29, 1.82) is 0 Å². The van der Waals surface area contributed by atoms with E-state index in [9.17, 15) is 4.79 Å². The van der Waals surface area contributed by atoms with Gasteiger partial charge >= 0.3 is 0 Å². The summed E-state index contributed by atoms with van der Waals surface area (Å²) in [6.07, 6.45) is 6.76. The molecule has 0 radical (unpaired) electrons. The molecule has 0 saturated carbocycles. The maximum absolute atomic E-state index is 13.2. The van der Waals surface area contributed by atoms with Crippen LogP contribution < -0.4 is 0 Å². The molecule has 29 heavy (non-hydrogen) atoms. The molecule has 1 aromatic carbocycles. The summed E-state index contributed by atoms with van der Waals surface area (Å²) in [6.45, 7) is 2.99. The van der Waals surface area contributed by atoms with Crippen molar-refractivity contribution in [3.63, 3.8) is 0 Å². The minimum Gasteiger partial charge on any atom is -0.497 e. The van der Waals surface area contributed by atoms with Crippen molar-refractivity contribution in [1.82, 2.24) is 14.8 Å². The minimum absolute atomic E-state index is 0.0258. The standard InChI is InChI=1S/C23H27N3O3/c1-28-19-14-18(15-20(16-19)29-2)25-10-12-26(13-11-25)23(27)21-8-9-24-22(21)17-6-4-3-5-7-17/h3-9,14,16,20,24H,10-13,15H2,1-2H3. The molecule has 1 aromatic heterocycles. The van der Waals surface area contributed by atoms with Gasteiger partial charge in [0, 0.05) is 51.6 Å². The van der Waals surface area contributed by atoms with Crippen molar-refractivity contribution >= 4 is 5.91 Å². The number of aromatic nitrogens is 1. The number of hydrogen-bond donors (Lipinski definition) is 1. The molecule has 6 heteroatoms. The summed E-state index contributed by atoms with van der Waals surface area (Å²) in [5.74, 6) is 0.908. The molecule has 1 aliphatic carbocycles. The predicted molar refractivity (Wildman–Crippen MR) is 112 cm³/mol. The summed E-state index contributed by atoms with van der Waals surface area (Å²) in [4.78, 5) is 20.7. The second-order valence-electron chi connectivity index (χ2n) is 7.30. The van der Waals surface area contributed by atoms with E-state index in [1.54, 1.807) is 14.2 Å². The second-order valence-corrected chi connectivity index (χ2v) is 7.30. The molecule has 1 fully saturated rings. The number of methoxy groups -OCH3 is 2. The summed E-state index contributed by atoms with van der Waals surface area (Å²) in [5, 5.41) is 0. The number of allylic oxidation sites excluding steroid dienone is 1. The molecule has 6 nitrogen and oxygen atoms in total. The lowest BCUT2D eigenvalue weighted by atomic mass is 10.0. The van der Waals surface area contributed by atoms with Crippen LogP contribution in [0.15, 0.2) is 66.2 Å². The van der Waals surface area contributed by atoms with E-state index in [1.807, 2.05) is 53.6 Å². The van der Waals surface area contributed by atoms with Gasteiger partial charge in [0.15, 0.2) is 0 Å². The first-order valence-electron chi connectivity index (χ1n) is 9.96. The number of ether oxygens (including phenoxy) is 2. The highest BCUT2D eigenvalue weighted by Gasteiger charge is 2.27. The molecule has 0 spiro atoms. The zero-order valence-corrected chi connectivity index (χ0v) is 16.9. The quantitative estimate of drug-likeness (QED) is 0.847. The van der Waals surface area contributed by atoms with Crippen LogP contribution in [0.2, 0.25) is 0 Å². The molecule has 2 aromatic rings. The number of amides is 1. The Kier molecular flexibility index (Phi) is 5.71. The second kappa shape index (κ2) is 8.57. The summed E-state index contributed by atoms with van der Waals surface area (Å²) < 4.78 is 10.9. The fraction of sp³-hybridized carbons (Fsp3) is 0.348. The number of nitrogens with one attached hydrogen (secondary N) is 1. The van der Waals surface area contributed by atoms with Crippen LogP contribution in [-0.4, -0.2) is 67.2 Å². The van der Waals surface area contributed by atoms with E-state index in [0.29, 0.717) is 13.1 Å². The molecule has 1 amide bonds. The van der Waals surface area contributed by atoms with E-state index < -0.39 is 0 Å². The maximum Gasteiger partial charge on any atom is 0.256 e. The normalized spacial score (nSPS) is 19.6. The molecule has 1 aliphatic heterocycles. The van der Waals surface area contributed by atoms with Crippen LogP contribution >= 0.6 is 0 Å². The van der Waals surface area contributed by atoms with Crippen LogP contribution in [0.1, 0.15) is 16.8 Å². The number of benzene rings is 1. The van der Waals surface area contributed by atoms with Gasteiger partial charge in [0.2, 0.25) is 0 Å². The maximum atomic E-state index is 13.2. The fourth-order valence-corrected chi connectivity index (χ4v) is 3.98. The predicted octanol–water partition coefficient (Wildman–Crippen LogP) is 3.27. The van der Waals surface area contributed by atoms with Crippen LogP contribution in [0.5, 0.6) is 0 Å². The molecule has 2 aliphatic rings. The van der Waals surface area contributed by atoms with Crippen molar-refractivity contribution < 1.29 is 14.3 Å². The van der Waals surface area contributed by atoms with Crippen LogP contribution in [0.4, 0.5) is 0 Å². The summed E-state index contributed by atoms with van der Waals surface area (Å²) in [5.41, 5.74) is 3.84. The average molecular weight is 393 g/mol. The lowest BCUT2D eigenvalue weighted by Crippen LogP contribution is -2.48. The Morgan fingerprint density at radius 2 is 1.83 bits per heavy atom. The topological polar surface area (TPSA) is 57.8 Å². The molecule has 1 saturated heterocycles. The van der Waals surface area contributed by atoms with Crippen molar-refractivity contribution in [3.8, 4) is 11.3 Å². The first-order chi connectivity index (χ1) is 14.2. The van der Waals surface area contributed by atoms with Gasteiger partial charge in [0.25, 0.3) is 5.91 Å². The smallest absolute Gasteiger partial charge is 0.256 e. The number of carbonyl (C=O) groups is 1. The Balaban J connectivity index is 1.43. The first-order valence-corrected chi connectivity index (χ1v) is 9.96. The van der Waals surface area contributed by atoms with Gasteiger partial charge in [-0.15, -0.1) is 0 Å². The van der Waals surface area contributed by atoms with Gasteiger partial charge in [-0.25, -0.2) is 0 Å². The molecule has 152 valence electrons. The molecule has 2 heterocycles. The third-order valence-electron chi connectivity index (χ3n) is 5.62. The number of H-pyrrole nitrogens is 1. The molecule has 1 N–H and O–H groups in total. The van der Waals surface area contributed by atoms with E-state index >= 15 is 0 Å². The monoisotopic (exact) mass is 393 g/mol. The zero-order valence-electron chi connectivity index (χ0n) is 16.9. The van der Waals surface area contributed by atoms with E-state index in [1.165, 1.54) is 5.70 Å².